The molecule has 4 aromatic rings. The third-order valence-corrected chi connectivity index (χ3v) is 7.59. The number of carbonyl (C=O) groups is 1. The topological polar surface area (TPSA) is 58.5 Å². The number of rotatable bonds is 6. The fourth-order valence-electron chi connectivity index (χ4n) is 5.73. The minimum absolute atomic E-state index is 0.0780. The van der Waals surface area contributed by atoms with Gasteiger partial charge in [-0.05, 0) is 80.2 Å². The van der Waals surface area contributed by atoms with Crippen LogP contribution in [0.4, 0.5) is 11.4 Å². The lowest BCUT2D eigenvalue weighted by Crippen LogP contribution is -2.34. The highest BCUT2D eigenvalue weighted by Gasteiger charge is 2.23. The summed E-state index contributed by atoms with van der Waals surface area (Å²) in [6, 6.07) is 22.7. The SMILES string of the molecule is Cn1ccc2cccc(C(=O)Nc3cccc4c3N(Cc3ccc(OC5CCNCC5)cc3)CCC4)c21. The second-order valence-electron chi connectivity index (χ2n) is 10.2. The molecule has 1 fully saturated rings. The van der Waals surface area contributed by atoms with Crippen molar-refractivity contribution in [2.45, 2.75) is 38.3 Å². The zero-order chi connectivity index (χ0) is 25.2. The Labute approximate surface area is 218 Å². The third kappa shape index (κ3) is 4.94. The van der Waals surface area contributed by atoms with Gasteiger partial charge in [-0.3, -0.25) is 4.79 Å². The van der Waals surface area contributed by atoms with Crippen molar-refractivity contribution in [1.82, 2.24) is 9.88 Å². The van der Waals surface area contributed by atoms with Crippen LogP contribution in [-0.4, -0.2) is 36.2 Å². The van der Waals surface area contributed by atoms with Gasteiger partial charge in [0.15, 0.2) is 0 Å². The molecule has 3 heterocycles. The van der Waals surface area contributed by atoms with Crippen LogP contribution in [0.5, 0.6) is 5.75 Å². The molecule has 0 radical (unpaired) electrons. The van der Waals surface area contributed by atoms with Crippen LogP contribution in [0, 0.1) is 0 Å². The molecule has 1 aromatic heterocycles. The number of piperidine rings is 1. The highest BCUT2D eigenvalue weighted by atomic mass is 16.5. The molecule has 6 rings (SSSR count). The lowest BCUT2D eigenvalue weighted by Gasteiger charge is -2.33. The minimum Gasteiger partial charge on any atom is -0.490 e. The maximum Gasteiger partial charge on any atom is 0.257 e. The molecule has 1 saturated heterocycles. The van der Waals surface area contributed by atoms with Crippen LogP contribution in [0.15, 0.2) is 72.9 Å². The maximum absolute atomic E-state index is 13.5. The van der Waals surface area contributed by atoms with Crippen molar-refractivity contribution in [3.63, 3.8) is 0 Å². The van der Waals surface area contributed by atoms with Gasteiger partial charge in [-0.15, -0.1) is 0 Å². The molecular weight excluding hydrogens is 460 g/mol. The van der Waals surface area contributed by atoms with Crippen LogP contribution in [0.2, 0.25) is 0 Å². The second-order valence-corrected chi connectivity index (χ2v) is 10.2. The first kappa shape index (κ1) is 23.6. The second kappa shape index (κ2) is 10.3. The van der Waals surface area contributed by atoms with E-state index in [4.69, 9.17) is 4.74 Å². The van der Waals surface area contributed by atoms with E-state index in [1.807, 2.05) is 54.2 Å². The van der Waals surface area contributed by atoms with Crippen LogP contribution in [0.3, 0.4) is 0 Å². The van der Waals surface area contributed by atoms with Gasteiger partial charge in [0.25, 0.3) is 5.91 Å². The monoisotopic (exact) mass is 494 g/mol. The zero-order valence-corrected chi connectivity index (χ0v) is 21.4. The van der Waals surface area contributed by atoms with Gasteiger partial charge in [0.05, 0.1) is 22.5 Å². The van der Waals surface area contributed by atoms with E-state index in [0.717, 1.165) is 79.9 Å². The van der Waals surface area contributed by atoms with Crippen molar-refractivity contribution < 1.29 is 9.53 Å². The number of hydrogen-bond acceptors (Lipinski definition) is 4. The Morgan fingerprint density at radius 3 is 2.68 bits per heavy atom. The zero-order valence-electron chi connectivity index (χ0n) is 21.4. The van der Waals surface area contributed by atoms with Gasteiger partial charge in [-0.1, -0.05) is 36.4 Å². The third-order valence-electron chi connectivity index (χ3n) is 7.59. The number of amides is 1. The Morgan fingerprint density at radius 1 is 1.03 bits per heavy atom. The first-order valence-electron chi connectivity index (χ1n) is 13.3. The van der Waals surface area contributed by atoms with E-state index in [-0.39, 0.29) is 5.91 Å². The average Bonchev–Trinajstić information content (AvgIpc) is 3.31. The normalized spacial score (nSPS) is 16.0. The molecule has 1 amide bonds. The Hall–Kier alpha value is -3.77. The number of nitrogens with one attached hydrogen (secondary N) is 2. The number of hydrogen-bond donors (Lipinski definition) is 2. The highest BCUT2D eigenvalue weighted by molar-refractivity contribution is 6.13. The van der Waals surface area contributed by atoms with Crippen molar-refractivity contribution in [2.24, 2.45) is 7.05 Å². The molecular formula is C31H34N4O2. The number of anilines is 2. The average molecular weight is 495 g/mol. The first-order valence-corrected chi connectivity index (χ1v) is 13.3. The number of aryl methyl sites for hydroxylation is 2. The van der Waals surface area contributed by atoms with Crippen molar-refractivity contribution in [3.8, 4) is 5.75 Å². The van der Waals surface area contributed by atoms with Crippen LogP contribution < -0.4 is 20.3 Å². The molecule has 2 N–H and O–H groups in total. The first-order chi connectivity index (χ1) is 18.2. The summed E-state index contributed by atoms with van der Waals surface area (Å²) in [5, 5.41) is 7.70. The molecule has 0 aliphatic carbocycles. The maximum atomic E-state index is 13.5. The molecule has 190 valence electrons. The van der Waals surface area contributed by atoms with Gasteiger partial charge >= 0.3 is 0 Å². The van der Waals surface area contributed by atoms with E-state index in [2.05, 4.69) is 45.9 Å². The van der Waals surface area contributed by atoms with E-state index in [9.17, 15) is 4.79 Å². The van der Waals surface area contributed by atoms with Gasteiger partial charge in [-0.25, -0.2) is 0 Å². The number of para-hydroxylation sites is 2. The van der Waals surface area contributed by atoms with Gasteiger partial charge in [0.1, 0.15) is 11.9 Å². The quantitative estimate of drug-likeness (QED) is 0.371. The van der Waals surface area contributed by atoms with Crippen LogP contribution >= 0.6 is 0 Å². The highest BCUT2D eigenvalue weighted by Crippen LogP contribution is 2.36. The standard InChI is InChI=1S/C31H34N4O2/c1-34-20-16-24-5-2-8-27(29(24)34)31(36)33-28-9-3-6-23-7-4-19-35(30(23)28)21-22-10-12-25(13-11-22)37-26-14-17-32-18-15-26/h2-3,5-6,8-13,16,20,26,32H,4,7,14-15,17-19,21H2,1H3,(H,33,36). The lowest BCUT2D eigenvalue weighted by atomic mass is 9.99. The molecule has 6 nitrogen and oxygen atoms in total. The number of benzene rings is 3. The smallest absolute Gasteiger partial charge is 0.257 e. The molecule has 37 heavy (non-hydrogen) atoms. The van der Waals surface area contributed by atoms with Crippen LogP contribution in [0.1, 0.15) is 40.7 Å². The Bertz CT molecular complexity index is 1400. The van der Waals surface area contributed by atoms with Crippen molar-refractivity contribution in [1.29, 1.82) is 0 Å². The van der Waals surface area contributed by atoms with E-state index in [0.29, 0.717) is 11.7 Å². The molecule has 3 aromatic carbocycles. The molecule has 6 heteroatoms. The van der Waals surface area contributed by atoms with Gasteiger partial charge in [0.2, 0.25) is 0 Å². The van der Waals surface area contributed by atoms with Crippen molar-refractivity contribution in [3.05, 3.63) is 89.6 Å². The van der Waals surface area contributed by atoms with Gasteiger partial charge in [0, 0.05) is 31.7 Å². The van der Waals surface area contributed by atoms with Crippen molar-refractivity contribution in [2.75, 3.05) is 29.9 Å². The molecule has 0 spiro atoms. The van der Waals surface area contributed by atoms with Crippen LogP contribution in [-0.2, 0) is 20.0 Å². The van der Waals surface area contributed by atoms with E-state index in [1.54, 1.807) is 0 Å². The Morgan fingerprint density at radius 2 is 1.84 bits per heavy atom. The minimum atomic E-state index is -0.0780. The summed E-state index contributed by atoms with van der Waals surface area (Å²) in [7, 11) is 1.98. The molecule has 2 aliphatic heterocycles. The number of carbonyl (C=O) groups excluding carboxylic acids is 1. The summed E-state index contributed by atoms with van der Waals surface area (Å²) in [6.07, 6.45) is 6.53. The summed E-state index contributed by atoms with van der Waals surface area (Å²) < 4.78 is 8.20. The number of aromatic nitrogens is 1. The molecule has 0 atom stereocenters. The van der Waals surface area contributed by atoms with E-state index < -0.39 is 0 Å². The summed E-state index contributed by atoms with van der Waals surface area (Å²) in [5.41, 5.74) is 6.17. The predicted octanol–water partition coefficient (Wildman–Crippen LogP) is 5.51. The Balaban J connectivity index is 1.22. The van der Waals surface area contributed by atoms with Gasteiger partial charge in [-0.2, -0.15) is 0 Å². The molecule has 2 aliphatic rings. The molecule has 0 unspecified atom stereocenters. The molecule has 0 saturated carbocycles. The van der Waals surface area contributed by atoms with E-state index in [1.165, 1.54) is 11.1 Å². The molecule has 0 bridgehead atoms. The largest absolute Gasteiger partial charge is 0.490 e. The summed E-state index contributed by atoms with van der Waals surface area (Å²) >= 11 is 0. The summed E-state index contributed by atoms with van der Waals surface area (Å²) in [5.74, 6) is 0.864. The van der Waals surface area contributed by atoms with Gasteiger partial charge < -0.3 is 24.8 Å². The summed E-state index contributed by atoms with van der Waals surface area (Å²) in [4.78, 5) is 15.9. The fourth-order valence-corrected chi connectivity index (χ4v) is 5.73. The number of ether oxygens (including phenoxy) is 1. The van der Waals surface area contributed by atoms with Crippen LogP contribution in [0.25, 0.3) is 10.9 Å². The van der Waals surface area contributed by atoms with Crippen molar-refractivity contribution >= 4 is 28.2 Å². The number of fused-ring (bicyclic) bond motifs is 2. The summed E-state index contributed by atoms with van der Waals surface area (Å²) in [6.45, 7) is 3.80. The lowest BCUT2D eigenvalue weighted by molar-refractivity contribution is 0.102. The Kier molecular flexibility index (Phi) is 6.58. The predicted molar refractivity (Wildman–Crippen MR) is 150 cm³/mol. The fraction of sp³-hybridized carbons (Fsp3) is 0.323. The van der Waals surface area contributed by atoms with E-state index >= 15 is 0 Å². The number of nitrogens with zero attached hydrogens (tertiary/aromatic N) is 2.